The summed E-state index contributed by atoms with van der Waals surface area (Å²) in [6.07, 6.45) is 0. The predicted molar refractivity (Wildman–Crippen MR) is 110 cm³/mol. The van der Waals surface area contributed by atoms with Crippen LogP contribution in [0.4, 0.5) is 0 Å². The molecule has 1 heterocycles. The molecule has 0 unspecified atom stereocenters. The molecule has 0 aliphatic heterocycles. The zero-order valence-corrected chi connectivity index (χ0v) is 16.7. The second-order valence-corrected chi connectivity index (χ2v) is 8.37. The van der Waals surface area contributed by atoms with E-state index in [0.29, 0.717) is 11.1 Å². The Morgan fingerprint density at radius 3 is 2.58 bits per heavy atom. The molecule has 0 saturated heterocycles. The number of thioether (sulfide) groups is 1. The van der Waals surface area contributed by atoms with Crippen molar-refractivity contribution in [2.45, 2.75) is 11.8 Å². The van der Waals surface area contributed by atoms with Crippen LogP contribution < -0.4 is 0 Å². The van der Waals surface area contributed by atoms with Gasteiger partial charge in [-0.3, -0.25) is 4.79 Å². The van der Waals surface area contributed by atoms with E-state index in [1.165, 1.54) is 0 Å². The lowest BCUT2D eigenvalue weighted by atomic mass is 9.97. The Hall–Kier alpha value is -1.31. The summed E-state index contributed by atoms with van der Waals surface area (Å²) < 4.78 is 0.735. The molecule has 0 radical (unpaired) electrons. The number of aromatic hydroxyl groups is 1. The number of carbonyl (C=O) groups is 1. The lowest BCUT2D eigenvalue weighted by molar-refractivity contribution is 0.103. The highest BCUT2D eigenvalue weighted by Crippen LogP contribution is 2.42. The molecule has 0 aliphatic rings. The van der Waals surface area contributed by atoms with Gasteiger partial charge in [0, 0.05) is 26.5 Å². The summed E-state index contributed by atoms with van der Waals surface area (Å²) >= 11 is 5.28. The van der Waals surface area contributed by atoms with Gasteiger partial charge in [-0.2, -0.15) is 0 Å². The van der Waals surface area contributed by atoms with Gasteiger partial charge in [-0.05, 0) is 45.9 Å². The Morgan fingerprint density at radius 1 is 1.21 bits per heavy atom. The summed E-state index contributed by atoms with van der Waals surface area (Å²) in [5, 5.41) is 12.3. The van der Waals surface area contributed by atoms with E-state index in [1.807, 2.05) is 54.8 Å². The quantitative estimate of drug-likeness (QED) is 0.282. The second-order valence-electron chi connectivity index (χ2n) is 5.07. The van der Waals surface area contributed by atoms with Gasteiger partial charge in [0.1, 0.15) is 5.75 Å². The van der Waals surface area contributed by atoms with Crippen LogP contribution in [-0.2, 0) is 0 Å². The number of phenolic OH excluding ortho intramolecular Hbond substituents is 1. The number of benzene rings is 2. The van der Waals surface area contributed by atoms with E-state index in [2.05, 4.69) is 22.6 Å². The molecular weight excluding hydrogens is 451 g/mol. The first kappa shape index (κ1) is 17.5. The summed E-state index contributed by atoms with van der Waals surface area (Å²) in [6.45, 7) is 2.05. The third kappa shape index (κ3) is 3.38. The van der Waals surface area contributed by atoms with E-state index in [1.54, 1.807) is 29.2 Å². The third-order valence-electron chi connectivity index (χ3n) is 3.54. The van der Waals surface area contributed by atoms with Crippen molar-refractivity contribution in [3.63, 3.8) is 0 Å². The average Bonchev–Trinajstić information content (AvgIpc) is 3.13. The molecule has 0 spiro atoms. The Balaban J connectivity index is 2.28. The standard InChI is InChI=1S/C19H15IO2S2/c1-2-23-19-16(18(22)12-7-4-3-5-8-12)13(11-14(21)17(19)20)15-9-6-10-24-15/h3-11,21H,2H2,1H3. The van der Waals surface area contributed by atoms with Gasteiger partial charge in [-0.15, -0.1) is 23.1 Å². The summed E-state index contributed by atoms with van der Waals surface area (Å²) in [7, 11) is 0. The Kier molecular flexibility index (Phi) is 5.63. The molecule has 1 N–H and O–H groups in total. The smallest absolute Gasteiger partial charge is 0.194 e. The van der Waals surface area contributed by atoms with Gasteiger partial charge in [0.15, 0.2) is 5.78 Å². The Labute approximate surface area is 163 Å². The summed E-state index contributed by atoms with van der Waals surface area (Å²) in [5.74, 6) is 1.05. The molecule has 3 rings (SSSR count). The van der Waals surface area contributed by atoms with Gasteiger partial charge < -0.3 is 5.11 Å². The number of hydrogen-bond donors (Lipinski definition) is 1. The topological polar surface area (TPSA) is 37.3 Å². The van der Waals surface area contributed by atoms with E-state index < -0.39 is 0 Å². The maximum absolute atomic E-state index is 13.2. The maximum Gasteiger partial charge on any atom is 0.194 e. The first-order valence-corrected chi connectivity index (χ1v) is 10.4. The molecule has 0 aliphatic carbocycles. The van der Waals surface area contributed by atoms with Crippen molar-refractivity contribution in [3.8, 4) is 16.2 Å². The molecule has 1 aromatic heterocycles. The Bertz CT molecular complexity index is 859. The molecule has 2 aromatic carbocycles. The van der Waals surface area contributed by atoms with Crippen molar-refractivity contribution < 1.29 is 9.90 Å². The molecular formula is C19H15IO2S2. The lowest BCUT2D eigenvalue weighted by Gasteiger charge is -2.16. The molecule has 0 bridgehead atoms. The van der Waals surface area contributed by atoms with Crippen molar-refractivity contribution >= 4 is 51.5 Å². The fraction of sp³-hybridized carbons (Fsp3) is 0.105. The zero-order valence-electron chi connectivity index (χ0n) is 13.0. The van der Waals surface area contributed by atoms with Crippen LogP contribution in [0.3, 0.4) is 0 Å². The molecule has 122 valence electrons. The highest BCUT2D eigenvalue weighted by molar-refractivity contribution is 14.1. The number of phenols is 1. The van der Waals surface area contributed by atoms with Gasteiger partial charge in [0.2, 0.25) is 0 Å². The molecule has 0 atom stereocenters. The van der Waals surface area contributed by atoms with Crippen LogP contribution in [0, 0.1) is 3.57 Å². The molecule has 0 amide bonds. The van der Waals surface area contributed by atoms with Gasteiger partial charge >= 0.3 is 0 Å². The van der Waals surface area contributed by atoms with E-state index in [0.717, 1.165) is 24.7 Å². The average molecular weight is 466 g/mol. The molecule has 0 fully saturated rings. The summed E-state index contributed by atoms with van der Waals surface area (Å²) in [6, 6.07) is 15.0. The SMILES string of the molecule is CCSc1c(I)c(O)cc(-c2cccs2)c1C(=O)c1ccccc1. The van der Waals surface area contributed by atoms with Crippen molar-refractivity contribution in [1.82, 2.24) is 0 Å². The van der Waals surface area contributed by atoms with Gasteiger partial charge in [-0.1, -0.05) is 43.3 Å². The van der Waals surface area contributed by atoms with Crippen molar-refractivity contribution in [2.24, 2.45) is 0 Å². The van der Waals surface area contributed by atoms with Gasteiger partial charge in [0.25, 0.3) is 0 Å². The number of ketones is 1. The van der Waals surface area contributed by atoms with E-state index in [9.17, 15) is 9.90 Å². The normalized spacial score (nSPS) is 10.8. The van der Waals surface area contributed by atoms with Crippen LogP contribution in [0.15, 0.2) is 58.8 Å². The van der Waals surface area contributed by atoms with E-state index >= 15 is 0 Å². The predicted octanol–water partition coefficient (Wildman–Crippen LogP) is 6.07. The second kappa shape index (κ2) is 7.72. The molecule has 24 heavy (non-hydrogen) atoms. The summed E-state index contributed by atoms with van der Waals surface area (Å²) in [4.78, 5) is 15.1. The van der Waals surface area contributed by atoms with E-state index in [4.69, 9.17) is 0 Å². The summed E-state index contributed by atoms with van der Waals surface area (Å²) in [5.41, 5.74) is 2.14. The number of hydrogen-bond acceptors (Lipinski definition) is 4. The fourth-order valence-corrected chi connectivity index (χ4v) is 4.99. The molecule has 5 heteroatoms. The van der Waals surface area contributed by atoms with Crippen molar-refractivity contribution in [2.75, 3.05) is 5.75 Å². The minimum atomic E-state index is -0.00661. The van der Waals surface area contributed by atoms with Crippen LogP contribution in [0.5, 0.6) is 5.75 Å². The zero-order chi connectivity index (χ0) is 17.1. The maximum atomic E-state index is 13.2. The molecule has 2 nitrogen and oxygen atoms in total. The first-order chi connectivity index (χ1) is 11.6. The minimum absolute atomic E-state index is 0.00661. The van der Waals surface area contributed by atoms with Gasteiger partial charge in [0.05, 0.1) is 3.57 Å². The number of rotatable bonds is 5. The van der Waals surface area contributed by atoms with Crippen molar-refractivity contribution in [3.05, 3.63) is 68.6 Å². The number of carbonyl (C=O) groups excluding carboxylic acids is 1. The molecule has 3 aromatic rings. The minimum Gasteiger partial charge on any atom is -0.507 e. The largest absolute Gasteiger partial charge is 0.507 e. The van der Waals surface area contributed by atoms with E-state index in [-0.39, 0.29) is 11.5 Å². The monoisotopic (exact) mass is 466 g/mol. The van der Waals surface area contributed by atoms with Crippen LogP contribution in [0.1, 0.15) is 22.8 Å². The number of halogens is 1. The lowest BCUT2D eigenvalue weighted by Crippen LogP contribution is -2.07. The van der Waals surface area contributed by atoms with Crippen LogP contribution >= 0.6 is 45.7 Å². The van der Waals surface area contributed by atoms with Crippen LogP contribution in [0.2, 0.25) is 0 Å². The highest BCUT2D eigenvalue weighted by Gasteiger charge is 2.24. The van der Waals surface area contributed by atoms with Crippen LogP contribution in [0.25, 0.3) is 10.4 Å². The Morgan fingerprint density at radius 2 is 1.96 bits per heavy atom. The van der Waals surface area contributed by atoms with Gasteiger partial charge in [-0.25, -0.2) is 0 Å². The van der Waals surface area contributed by atoms with Crippen molar-refractivity contribution in [1.29, 1.82) is 0 Å². The fourth-order valence-electron chi connectivity index (χ4n) is 2.49. The number of thiophene rings is 1. The first-order valence-electron chi connectivity index (χ1n) is 7.45. The van der Waals surface area contributed by atoms with Crippen LogP contribution in [-0.4, -0.2) is 16.6 Å². The highest BCUT2D eigenvalue weighted by atomic mass is 127. The third-order valence-corrected chi connectivity index (χ3v) is 6.89. The molecule has 0 saturated carbocycles.